The molecule has 0 saturated heterocycles. The number of hydrogen-bond donors (Lipinski definition) is 0. The van der Waals surface area contributed by atoms with E-state index >= 15 is 0 Å². The second kappa shape index (κ2) is 11.8. The van der Waals surface area contributed by atoms with Gasteiger partial charge in [-0.1, -0.05) is 139 Å². The average molecular weight is 623 g/mol. The molecule has 2 nitrogen and oxygen atoms in total. The van der Waals surface area contributed by atoms with Crippen LogP contribution in [0.1, 0.15) is 12.3 Å². The van der Waals surface area contributed by atoms with Gasteiger partial charge in [-0.15, -0.1) is 0 Å². The molecule has 0 spiro atoms. The summed E-state index contributed by atoms with van der Waals surface area (Å²) in [7, 11) is 0. The third kappa shape index (κ3) is 4.92. The highest BCUT2D eigenvalue weighted by atomic mass is 16.3. The largest absolute Gasteiger partial charge is 0.456 e. The van der Waals surface area contributed by atoms with E-state index < -0.39 is 59.9 Å². The van der Waals surface area contributed by atoms with Crippen LogP contribution in [0.5, 0.6) is 0 Å². The number of fused-ring (bicyclic) bond motifs is 4. The molecule has 9 rings (SSSR count). The summed E-state index contributed by atoms with van der Waals surface area (Å²) >= 11 is 0. The summed E-state index contributed by atoms with van der Waals surface area (Å²) in [4.78, 5) is 1.70. The smallest absolute Gasteiger partial charge is 0.136 e. The molecule has 0 aliphatic heterocycles. The fourth-order valence-electron chi connectivity index (χ4n) is 6.37. The van der Waals surface area contributed by atoms with E-state index in [1.165, 1.54) is 0 Å². The van der Waals surface area contributed by atoms with Crippen molar-refractivity contribution in [2.24, 2.45) is 0 Å². The molecular weight excluding hydrogens is 583 g/mol. The summed E-state index contributed by atoms with van der Waals surface area (Å²) in [5.41, 5.74) is 5.17. The van der Waals surface area contributed by atoms with Crippen LogP contribution in [-0.4, -0.2) is 0 Å². The minimum Gasteiger partial charge on any atom is -0.456 e. The van der Waals surface area contributed by atoms with Gasteiger partial charge in [-0.2, -0.15) is 0 Å². The zero-order valence-corrected chi connectivity index (χ0v) is 25.6. The Hall–Kier alpha value is -6.38. The number of furan rings is 1. The van der Waals surface area contributed by atoms with Crippen molar-refractivity contribution >= 4 is 49.8 Å². The average Bonchev–Trinajstić information content (AvgIpc) is 3.61. The molecule has 2 heteroatoms. The van der Waals surface area contributed by atoms with Crippen LogP contribution in [-0.2, 0) is 0 Å². The van der Waals surface area contributed by atoms with Crippen LogP contribution in [0.3, 0.4) is 0 Å². The monoisotopic (exact) mass is 622 g/mol. The number of hydrogen-bond acceptors (Lipinski definition) is 2. The van der Waals surface area contributed by atoms with Gasteiger partial charge >= 0.3 is 0 Å². The van der Waals surface area contributed by atoms with Gasteiger partial charge in [0.1, 0.15) is 11.2 Å². The van der Waals surface area contributed by atoms with Crippen LogP contribution in [0.25, 0.3) is 66.1 Å². The van der Waals surface area contributed by atoms with Gasteiger partial charge in [-0.05, 0) is 87.1 Å². The van der Waals surface area contributed by atoms with Crippen LogP contribution in [0, 0.1) is 0 Å². The molecule has 0 aliphatic rings. The summed E-state index contributed by atoms with van der Waals surface area (Å²) in [6.45, 7) is 0. The number of rotatable bonds is 6. The molecule has 0 N–H and O–H groups in total. The van der Waals surface area contributed by atoms with E-state index in [0.29, 0.717) is 17.0 Å². The molecule has 226 valence electrons. The molecule has 0 unspecified atom stereocenters. The van der Waals surface area contributed by atoms with Gasteiger partial charge in [0, 0.05) is 27.7 Å². The fraction of sp³-hybridized carbons (Fsp3) is 0. The van der Waals surface area contributed by atoms with Gasteiger partial charge in [0.25, 0.3) is 0 Å². The van der Waals surface area contributed by atoms with Crippen LogP contribution in [0.4, 0.5) is 17.1 Å². The van der Waals surface area contributed by atoms with Crippen molar-refractivity contribution in [3.8, 4) is 33.4 Å². The van der Waals surface area contributed by atoms with E-state index in [-0.39, 0.29) is 11.3 Å². The molecule has 0 radical (unpaired) electrons. The first-order chi connectivity index (χ1) is 27.5. The molecule has 0 bridgehead atoms. The van der Waals surface area contributed by atoms with Crippen LogP contribution >= 0.6 is 0 Å². The van der Waals surface area contributed by atoms with Gasteiger partial charge in [0.2, 0.25) is 0 Å². The van der Waals surface area contributed by atoms with Crippen molar-refractivity contribution in [1.29, 1.82) is 0 Å². The summed E-state index contributed by atoms with van der Waals surface area (Å²) < 4.78 is 85.7. The predicted octanol–water partition coefficient (Wildman–Crippen LogP) is 13.2. The fourth-order valence-corrected chi connectivity index (χ4v) is 6.37. The topological polar surface area (TPSA) is 16.4 Å². The molecule has 0 fully saturated rings. The molecule has 8 aromatic carbocycles. The number of anilines is 3. The second-order valence-corrected chi connectivity index (χ2v) is 11.5. The van der Waals surface area contributed by atoms with Crippen molar-refractivity contribution in [3.63, 3.8) is 0 Å². The Bertz CT molecular complexity index is 3010. The second-order valence-electron chi connectivity index (χ2n) is 11.5. The van der Waals surface area contributed by atoms with E-state index in [2.05, 4.69) is 12.1 Å². The highest BCUT2D eigenvalue weighted by Crippen LogP contribution is 2.45. The van der Waals surface area contributed by atoms with Crippen LogP contribution in [0.15, 0.2) is 192 Å². The molecule has 1 aromatic heterocycles. The van der Waals surface area contributed by atoms with Crippen molar-refractivity contribution in [2.75, 3.05) is 4.90 Å². The van der Waals surface area contributed by atoms with Gasteiger partial charge in [-0.3, -0.25) is 0 Å². The first kappa shape index (κ1) is 20.0. The maximum absolute atomic E-state index is 9.48. The summed E-state index contributed by atoms with van der Waals surface area (Å²) in [6, 6.07) is 38.0. The lowest BCUT2D eigenvalue weighted by atomic mass is 9.96. The standard InChI is InChI=1S/C46H31NO/c1-3-12-32(13-4-1)34-22-26-38(27-23-34)47(39-28-24-35(25-29-39)33-14-5-2-6-15-33)43-20-10-9-18-40(43)41-19-11-21-44-46(41)42-30-36-16-7-8-17-37(36)31-45(42)48-44/h1-31H/i1D,3D,4D,12D,13D,22D,23D,26D,27D. The molecule has 0 aliphatic carbocycles. The Labute approximate surface area is 292 Å². The minimum absolute atomic E-state index is 0.0729. The lowest BCUT2D eigenvalue weighted by Crippen LogP contribution is -2.11. The SMILES string of the molecule is [2H]c1c([2H])c([2H])c(-c2c([2H])c([2H])c(N(c3ccc(-c4ccccc4)cc3)c3ccccc3-c3cccc4oc5cc6ccccc6cc5c34)c([2H])c2[2H])c([2H])c1[2H]. The Morgan fingerprint density at radius 2 is 1.08 bits per heavy atom. The lowest BCUT2D eigenvalue weighted by molar-refractivity contribution is 0.669. The lowest BCUT2D eigenvalue weighted by Gasteiger charge is -2.28. The Morgan fingerprint density at radius 1 is 0.438 bits per heavy atom. The zero-order valence-electron chi connectivity index (χ0n) is 34.6. The van der Waals surface area contributed by atoms with Crippen molar-refractivity contribution < 1.29 is 16.8 Å². The Balaban J connectivity index is 1.32. The third-order valence-electron chi connectivity index (χ3n) is 8.62. The molecule has 1 heterocycles. The van der Waals surface area contributed by atoms with E-state index in [1.807, 2.05) is 121 Å². The van der Waals surface area contributed by atoms with E-state index in [0.717, 1.165) is 49.4 Å². The Morgan fingerprint density at radius 3 is 1.88 bits per heavy atom. The van der Waals surface area contributed by atoms with E-state index in [1.54, 1.807) is 4.90 Å². The highest BCUT2D eigenvalue weighted by molar-refractivity contribution is 6.16. The van der Waals surface area contributed by atoms with Gasteiger partial charge < -0.3 is 9.32 Å². The highest BCUT2D eigenvalue weighted by Gasteiger charge is 2.20. The zero-order chi connectivity index (χ0) is 39.7. The molecule has 48 heavy (non-hydrogen) atoms. The number of para-hydroxylation sites is 1. The van der Waals surface area contributed by atoms with E-state index in [9.17, 15) is 5.48 Å². The number of benzene rings is 8. The predicted molar refractivity (Wildman–Crippen MR) is 202 cm³/mol. The van der Waals surface area contributed by atoms with Crippen molar-refractivity contribution in [3.05, 3.63) is 188 Å². The summed E-state index contributed by atoms with van der Waals surface area (Å²) in [6.07, 6.45) is 0. The van der Waals surface area contributed by atoms with Gasteiger partial charge in [0.15, 0.2) is 0 Å². The third-order valence-corrected chi connectivity index (χ3v) is 8.62. The van der Waals surface area contributed by atoms with E-state index in [4.69, 9.17) is 11.3 Å². The maximum atomic E-state index is 9.48. The molecule has 0 saturated carbocycles. The van der Waals surface area contributed by atoms with Crippen molar-refractivity contribution in [2.45, 2.75) is 0 Å². The molecular formula is C46H31NO. The summed E-state index contributed by atoms with van der Waals surface area (Å²) in [5.74, 6) is 0. The molecule has 9 aromatic rings. The first-order valence-corrected chi connectivity index (χ1v) is 15.6. The van der Waals surface area contributed by atoms with Gasteiger partial charge in [-0.25, -0.2) is 0 Å². The molecule has 0 amide bonds. The normalized spacial score (nSPS) is 14.0. The molecule has 0 atom stereocenters. The first-order valence-electron chi connectivity index (χ1n) is 20.1. The van der Waals surface area contributed by atoms with Crippen LogP contribution in [0.2, 0.25) is 0 Å². The minimum atomic E-state index is -0.630. The quantitative estimate of drug-likeness (QED) is 0.183. The Kier molecular flexibility index (Phi) is 4.90. The van der Waals surface area contributed by atoms with Gasteiger partial charge in [0.05, 0.1) is 18.0 Å². The maximum Gasteiger partial charge on any atom is 0.136 e. The number of nitrogens with zero attached hydrogens (tertiary/aromatic N) is 1. The van der Waals surface area contributed by atoms with Crippen molar-refractivity contribution in [1.82, 2.24) is 0 Å². The van der Waals surface area contributed by atoms with Crippen LogP contribution < -0.4 is 4.90 Å². The summed E-state index contributed by atoms with van der Waals surface area (Å²) in [5, 5.41) is 3.89.